The van der Waals surface area contributed by atoms with Crippen LogP contribution in [0.1, 0.15) is 35.7 Å². The van der Waals surface area contributed by atoms with E-state index < -0.39 is 0 Å². The number of hydrogen-bond acceptors (Lipinski definition) is 3. The first kappa shape index (κ1) is 17.7. The van der Waals surface area contributed by atoms with Crippen LogP contribution >= 0.6 is 12.4 Å². The van der Waals surface area contributed by atoms with Crippen molar-refractivity contribution in [3.05, 3.63) is 29.3 Å². The molecule has 1 amide bonds. The van der Waals surface area contributed by atoms with Crippen LogP contribution < -0.4 is 11.1 Å². The van der Waals surface area contributed by atoms with Crippen LogP contribution in [0, 0.1) is 6.92 Å². The summed E-state index contributed by atoms with van der Waals surface area (Å²) in [5, 5.41) is 2.89. The third-order valence-electron chi connectivity index (χ3n) is 2.71. The number of nitrogens with one attached hydrogen (secondary N) is 1. The van der Waals surface area contributed by atoms with Crippen molar-refractivity contribution >= 4 is 24.0 Å². The Morgan fingerprint density at radius 2 is 2.11 bits per heavy atom. The molecule has 108 valence electrons. The van der Waals surface area contributed by atoms with Gasteiger partial charge in [-0.3, -0.25) is 4.79 Å². The summed E-state index contributed by atoms with van der Waals surface area (Å²) < 4.78 is 5.23. The molecule has 0 saturated carbocycles. The highest BCUT2D eigenvalue weighted by Crippen LogP contribution is 2.12. The molecule has 3 N–H and O–H groups in total. The van der Waals surface area contributed by atoms with E-state index in [0.717, 1.165) is 31.6 Å². The van der Waals surface area contributed by atoms with E-state index in [9.17, 15) is 4.79 Å². The van der Waals surface area contributed by atoms with Gasteiger partial charge < -0.3 is 15.8 Å². The summed E-state index contributed by atoms with van der Waals surface area (Å²) in [5.41, 5.74) is 7.88. The molecule has 1 rings (SSSR count). The lowest BCUT2D eigenvalue weighted by Crippen LogP contribution is -2.25. The average molecular weight is 287 g/mol. The fraction of sp³-hybridized carbons (Fsp3) is 0.500. The van der Waals surface area contributed by atoms with Crippen molar-refractivity contribution in [1.82, 2.24) is 5.32 Å². The molecule has 0 spiro atoms. The number of benzene rings is 1. The minimum absolute atomic E-state index is 0. The minimum Gasteiger partial charge on any atom is -0.399 e. The number of anilines is 1. The Kier molecular flexibility index (Phi) is 9.00. The number of ether oxygens (including phenoxy) is 1. The SMILES string of the molecule is CCOCCCCNC(=O)c1cc(N)ccc1C.Cl. The maximum Gasteiger partial charge on any atom is 0.251 e. The lowest BCUT2D eigenvalue weighted by atomic mass is 10.1. The molecule has 19 heavy (non-hydrogen) atoms. The molecule has 5 heteroatoms. The number of hydrogen-bond donors (Lipinski definition) is 2. The number of nitrogen functional groups attached to an aromatic ring is 1. The number of carbonyl (C=O) groups excluding carboxylic acids is 1. The molecule has 0 saturated heterocycles. The van der Waals surface area contributed by atoms with Gasteiger partial charge in [-0.05, 0) is 44.4 Å². The molecule has 0 aliphatic carbocycles. The van der Waals surface area contributed by atoms with Gasteiger partial charge in [-0.1, -0.05) is 6.07 Å². The van der Waals surface area contributed by atoms with E-state index in [4.69, 9.17) is 10.5 Å². The largest absolute Gasteiger partial charge is 0.399 e. The summed E-state index contributed by atoms with van der Waals surface area (Å²) >= 11 is 0. The summed E-state index contributed by atoms with van der Waals surface area (Å²) in [6, 6.07) is 5.37. The van der Waals surface area contributed by atoms with Crippen LogP contribution in [0.3, 0.4) is 0 Å². The molecule has 0 bridgehead atoms. The fourth-order valence-electron chi connectivity index (χ4n) is 1.65. The number of carbonyl (C=O) groups is 1. The van der Waals surface area contributed by atoms with E-state index in [1.165, 1.54) is 0 Å². The molecule has 0 heterocycles. The van der Waals surface area contributed by atoms with Crippen molar-refractivity contribution in [2.45, 2.75) is 26.7 Å². The molecule has 0 atom stereocenters. The van der Waals surface area contributed by atoms with Crippen LogP contribution in [-0.4, -0.2) is 25.7 Å². The predicted molar refractivity (Wildman–Crippen MR) is 80.9 cm³/mol. The van der Waals surface area contributed by atoms with E-state index in [1.807, 2.05) is 19.9 Å². The van der Waals surface area contributed by atoms with Gasteiger partial charge >= 0.3 is 0 Å². The van der Waals surface area contributed by atoms with Crippen molar-refractivity contribution in [2.75, 3.05) is 25.5 Å². The Balaban J connectivity index is 0.00000324. The zero-order chi connectivity index (χ0) is 13.4. The standard InChI is InChI=1S/C14H22N2O2.ClH/c1-3-18-9-5-4-8-16-14(17)13-10-12(15)7-6-11(13)2;/h6-7,10H,3-5,8-9,15H2,1-2H3,(H,16,17);1H. The molecule has 1 aromatic rings. The molecule has 1 aromatic carbocycles. The lowest BCUT2D eigenvalue weighted by Gasteiger charge is -2.08. The Labute approximate surface area is 121 Å². The van der Waals surface area contributed by atoms with Crippen LogP contribution in [0.25, 0.3) is 0 Å². The number of rotatable bonds is 7. The van der Waals surface area contributed by atoms with Crippen molar-refractivity contribution < 1.29 is 9.53 Å². The van der Waals surface area contributed by atoms with Crippen LogP contribution in [-0.2, 0) is 4.74 Å². The van der Waals surface area contributed by atoms with Gasteiger partial charge in [0.1, 0.15) is 0 Å². The molecule has 0 fully saturated rings. The van der Waals surface area contributed by atoms with Gasteiger partial charge in [0.05, 0.1) is 0 Å². The molecule has 0 aliphatic heterocycles. The third-order valence-corrected chi connectivity index (χ3v) is 2.71. The van der Waals surface area contributed by atoms with Gasteiger partial charge in [0.2, 0.25) is 0 Å². The summed E-state index contributed by atoms with van der Waals surface area (Å²) in [6.07, 6.45) is 1.89. The predicted octanol–water partition coefficient (Wildman–Crippen LogP) is 2.55. The Morgan fingerprint density at radius 3 is 2.79 bits per heavy atom. The monoisotopic (exact) mass is 286 g/mol. The Morgan fingerprint density at radius 1 is 1.37 bits per heavy atom. The van der Waals surface area contributed by atoms with Gasteiger partial charge in [0, 0.05) is 31.0 Å². The van der Waals surface area contributed by atoms with Gasteiger partial charge in [0.25, 0.3) is 5.91 Å². The van der Waals surface area contributed by atoms with Crippen molar-refractivity contribution in [2.24, 2.45) is 0 Å². The van der Waals surface area contributed by atoms with E-state index in [0.29, 0.717) is 17.8 Å². The zero-order valence-electron chi connectivity index (χ0n) is 11.6. The molecular weight excluding hydrogens is 264 g/mol. The quantitative estimate of drug-likeness (QED) is 0.598. The maximum atomic E-state index is 11.9. The number of aryl methyl sites for hydroxylation is 1. The molecule has 0 aromatic heterocycles. The van der Waals surface area contributed by atoms with Crippen molar-refractivity contribution in [1.29, 1.82) is 0 Å². The summed E-state index contributed by atoms with van der Waals surface area (Å²) in [5.74, 6) is -0.0591. The first-order chi connectivity index (χ1) is 8.65. The third kappa shape index (κ3) is 6.45. The van der Waals surface area contributed by atoms with Crippen LogP contribution in [0.5, 0.6) is 0 Å². The van der Waals surface area contributed by atoms with Crippen LogP contribution in [0.4, 0.5) is 5.69 Å². The summed E-state index contributed by atoms with van der Waals surface area (Å²) in [6.45, 7) is 6.05. The highest BCUT2D eigenvalue weighted by Gasteiger charge is 2.08. The molecule has 0 aliphatic rings. The fourth-order valence-corrected chi connectivity index (χ4v) is 1.65. The van der Waals surface area contributed by atoms with Crippen molar-refractivity contribution in [3.8, 4) is 0 Å². The normalized spacial score (nSPS) is 9.79. The average Bonchev–Trinajstić information content (AvgIpc) is 2.36. The van der Waals surface area contributed by atoms with Gasteiger partial charge in [-0.25, -0.2) is 0 Å². The highest BCUT2D eigenvalue weighted by molar-refractivity contribution is 5.96. The van der Waals surface area contributed by atoms with Gasteiger partial charge in [-0.2, -0.15) is 0 Å². The number of nitrogens with two attached hydrogens (primary N) is 1. The molecule has 0 radical (unpaired) electrons. The maximum absolute atomic E-state index is 11.9. The van der Waals surface area contributed by atoms with E-state index in [1.54, 1.807) is 12.1 Å². The number of halogens is 1. The number of unbranched alkanes of at least 4 members (excludes halogenated alkanes) is 1. The first-order valence-electron chi connectivity index (χ1n) is 6.37. The van der Waals surface area contributed by atoms with E-state index in [2.05, 4.69) is 5.32 Å². The Bertz CT molecular complexity index is 397. The molecule has 0 unspecified atom stereocenters. The highest BCUT2D eigenvalue weighted by atomic mass is 35.5. The first-order valence-corrected chi connectivity index (χ1v) is 6.37. The second kappa shape index (κ2) is 9.64. The van der Waals surface area contributed by atoms with Crippen LogP contribution in [0.15, 0.2) is 18.2 Å². The second-order valence-electron chi connectivity index (χ2n) is 4.23. The second-order valence-corrected chi connectivity index (χ2v) is 4.23. The lowest BCUT2D eigenvalue weighted by molar-refractivity contribution is 0.0949. The summed E-state index contributed by atoms with van der Waals surface area (Å²) in [7, 11) is 0. The van der Waals surface area contributed by atoms with E-state index in [-0.39, 0.29) is 18.3 Å². The van der Waals surface area contributed by atoms with Crippen molar-refractivity contribution in [3.63, 3.8) is 0 Å². The summed E-state index contributed by atoms with van der Waals surface area (Å²) in [4.78, 5) is 11.9. The zero-order valence-corrected chi connectivity index (χ0v) is 12.4. The smallest absolute Gasteiger partial charge is 0.251 e. The van der Waals surface area contributed by atoms with Gasteiger partial charge in [-0.15, -0.1) is 12.4 Å². The Hall–Kier alpha value is -1.26. The number of amides is 1. The topological polar surface area (TPSA) is 64.3 Å². The van der Waals surface area contributed by atoms with Crippen LogP contribution in [0.2, 0.25) is 0 Å². The molecular formula is C14H23ClN2O2. The van der Waals surface area contributed by atoms with E-state index >= 15 is 0 Å². The van der Waals surface area contributed by atoms with Gasteiger partial charge in [0.15, 0.2) is 0 Å². The molecule has 4 nitrogen and oxygen atoms in total. The minimum atomic E-state index is -0.0591.